The Morgan fingerprint density at radius 2 is 1.91 bits per heavy atom. The number of amides is 1. The Bertz CT molecular complexity index is 1030. The Kier molecular flexibility index (Phi) is 9.05. The zero-order valence-corrected chi connectivity index (χ0v) is 20.5. The Balaban J connectivity index is 1.78. The Labute approximate surface area is 205 Å². The van der Waals surface area contributed by atoms with Gasteiger partial charge in [0.1, 0.15) is 24.0 Å². The predicted molar refractivity (Wildman–Crippen MR) is 127 cm³/mol. The van der Waals surface area contributed by atoms with Crippen LogP contribution in [0.3, 0.4) is 0 Å². The molecule has 1 saturated heterocycles. The van der Waals surface area contributed by atoms with E-state index >= 15 is 0 Å². The lowest BCUT2D eigenvalue weighted by Crippen LogP contribution is -2.45. The van der Waals surface area contributed by atoms with Crippen molar-refractivity contribution in [3.63, 3.8) is 0 Å². The van der Waals surface area contributed by atoms with Crippen LogP contribution < -0.4 is 19.5 Å². The molecule has 2 heterocycles. The van der Waals surface area contributed by atoms with E-state index in [9.17, 15) is 14.4 Å². The number of ether oxygens (including phenoxy) is 4. The molecule has 4 atom stereocenters. The molecule has 0 unspecified atom stereocenters. The minimum absolute atomic E-state index is 0.104. The summed E-state index contributed by atoms with van der Waals surface area (Å²) in [7, 11) is 1.39. The highest BCUT2D eigenvalue weighted by molar-refractivity contribution is 5.98. The third kappa shape index (κ3) is 6.71. The first-order valence-corrected chi connectivity index (χ1v) is 11.8. The van der Waals surface area contributed by atoms with Crippen LogP contribution in [-0.4, -0.2) is 48.2 Å². The molecule has 1 aliphatic heterocycles. The van der Waals surface area contributed by atoms with Crippen LogP contribution in [-0.2, 0) is 14.3 Å². The fourth-order valence-electron chi connectivity index (χ4n) is 4.22. The SMILES string of the molecule is CC[C@H]1CCC[C@H](NC(=O)c2nccc(OC)c2OC(C)=O)C(=O)O[C@@H](C)[C@@H]1Oc1ccccc1. The maximum absolute atomic E-state index is 13.1. The van der Waals surface area contributed by atoms with Gasteiger partial charge in [0.05, 0.1) is 7.11 Å². The summed E-state index contributed by atoms with van der Waals surface area (Å²) in [5, 5.41) is 2.70. The number of cyclic esters (lactones) is 1. The summed E-state index contributed by atoms with van der Waals surface area (Å²) in [5.74, 6) is -0.895. The number of nitrogens with one attached hydrogen (secondary N) is 1. The Hall–Kier alpha value is -3.62. The highest BCUT2D eigenvalue weighted by Crippen LogP contribution is 2.31. The summed E-state index contributed by atoms with van der Waals surface area (Å²) in [6, 6.07) is 10.0. The molecule has 0 saturated carbocycles. The molecular formula is C26H32N2O7. The van der Waals surface area contributed by atoms with Crippen molar-refractivity contribution in [3.8, 4) is 17.2 Å². The van der Waals surface area contributed by atoms with Crippen LogP contribution in [0.25, 0.3) is 0 Å². The van der Waals surface area contributed by atoms with Gasteiger partial charge < -0.3 is 24.3 Å². The molecule has 0 spiro atoms. The van der Waals surface area contributed by atoms with E-state index in [4.69, 9.17) is 18.9 Å². The average Bonchev–Trinajstić information content (AvgIpc) is 2.89. The van der Waals surface area contributed by atoms with E-state index in [1.54, 1.807) is 6.92 Å². The van der Waals surface area contributed by atoms with Crippen molar-refractivity contribution in [2.75, 3.05) is 7.11 Å². The summed E-state index contributed by atoms with van der Waals surface area (Å²) < 4.78 is 22.4. The minimum atomic E-state index is -0.892. The van der Waals surface area contributed by atoms with Crippen molar-refractivity contribution in [3.05, 3.63) is 48.3 Å². The van der Waals surface area contributed by atoms with E-state index in [1.807, 2.05) is 30.3 Å². The van der Waals surface area contributed by atoms with Crippen LogP contribution in [0.4, 0.5) is 0 Å². The van der Waals surface area contributed by atoms with Crippen LogP contribution in [0.5, 0.6) is 17.2 Å². The van der Waals surface area contributed by atoms with Gasteiger partial charge in [0, 0.05) is 19.2 Å². The highest BCUT2D eigenvalue weighted by Gasteiger charge is 2.35. The molecule has 1 N–H and O–H groups in total. The molecule has 1 aliphatic rings. The highest BCUT2D eigenvalue weighted by atomic mass is 16.6. The van der Waals surface area contributed by atoms with Gasteiger partial charge in [0.2, 0.25) is 5.75 Å². The van der Waals surface area contributed by atoms with E-state index in [0.717, 1.165) is 12.8 Å². The third-order valence-electron chi connectivity index (χ3n) is 5.98. The molecule has 2 aromatic rings. The summed E-state index contributed by atoms with van der Waals surface area (Å²) in [6.07, 6.45) is 3.24. The van der Waals surface area contributed by atoms with Gasteiger partial charge in [-0.2, -0.15) is 0 Å². The lowest BCUT2D eigenvalue weighted by atomic mass is 9.90. The quantitative estimate of drug-likeness (QED) is 0.592. The normalized spacial score (nSPS) is 22.6. The molecule has 3 rings (SSSR count). The second-order valence-corrected chi connectivity index (χ2v) is 8.45. The number of methoxy groups -OCH3 is 1. The van der Waals surface area contributed by atoms with Crippen LogP contribution in [0.2, 0.25) is 0 Å². The summed E-state index contributed by atoms with van der Waals surface area (Å²) in [5.41, 5.74) is -0.156. The fraction of sp³-hybridized carbons (Fsp3) is 0.462. The molecule has 0 radical (unpaired) electrons. The number of aromatic nitrogens is 1. The monoisotopic (exact) mass is 484 g/mol. The number of para-hydroxylation sites is 1. The van der Waals surface area contributed by atoms with E-state index in [0.29, 0.717) is 18.6 Å². The Morgan fingerprint density at radius 3 is 2.57 bits per heavy atom. The number of carbonyl (C=O) groups is 3. The van der Waals surface area contributed by atoms with E-state index in [-0.39, 0.29) is 29.2 Å². The number of carbonyl (C=O) groups excluding carboxylic acids is 3. The van der Waals surface area contributed by atoms with E-state index in [2.05, 4.69) is 17.2 Å². The smallest absolute Gasteiger partial charge is 0.329 e. The summed E-state index contributed by atoms with van der Waals surface area (Å²) in [6.45, 7) is 5.10. The Morgan fingerprint density at radius 1 is 1.17 bits per heavy atom. The second kappa shape index (κ2) is 12.2. The molecule has 0 aliphatic carbocycles. The van der Waals surface area contributed by atoms with E-state index < -0.39 is 30.0 Å². The summed E-state index contributed by atoms with van der Waals surface area (Å²) >= 11 is 0. The molecule has 188 valence electrons. The molecule has 1 aromatic carbocycles. The van der Waals surface area contributed by atoms with Gasteiger partial charge in [0.15, 0.2) is 11.4 Å². The van der Waals surface area contributed by atoms with Gasteiger partial charge in [-0.25, -0.2) is 9.78 Å². The molecule has 35 heavy (non-hydrogen) atoms. The van der Waals surface area contributed by atoms with Crippen molar-refractivity contribution >= 4 is 17.8 Å². The van der Waals surface area contributed by atoms with Crippen LogP contribution in [0.1, 0.15) is 56.9 Å². The molecular weight excluding hydrogens is 452 g/mol. The molecule has 9 heteroatoms. The predicted octanol–water partition coefficient (Wildman–Crippen LogP) is 3.70. The van der Waals surface area contributed by atoms with Gasteiger partial charge in [-0.15, -0.1) is 0 Å². The molecule has 1 amide bonds. The van der Waals surface area contributed by atoms with Gasteiger partial charge in [-0.05, 0) is 44.2 Å². The first-order chi connectivity index (χ1) is 16.8. The van der Waals surface area contributed by atoms with E-state index in [1.165, 1.54) is 26.3 Å². The van der Waals surface area contributed by atoms with Gasteiger partial charge in [-0.1, -0.05) is 31.5 Å². The first kappa shape index (κ1) is 26.0. The number of rotatable bonds is 7. The number of hydrogen-bond acceptors (Lipinski definition) is 8. The van der Waals surface area contributed by atoms with Crippen molar-refractivity contribution < 1.29 is 33.3 Å². The molecule has 1 aromatic heterocycles. The topological polar surface area (TPSA) is 113 Å². The zero-order chi connectivity index (χ0) is 25.4. The third-order valence-corrected chi connectivity index (χ3v) is 5.98. The maximum atomic E-state index is 13.1. The van der Waals surface area contributed by atoms with Crippen LogP contribution in [0.15, 0.2) is 42.6 Å². The molecule has 0 bridgehead atoms. The van der Waals surface area contributed by atoms with Crippen molar-refractivity contribution in [1.29, 1.82) is 0 Å². The zero-order valence-electron chi connectivity index (χ0n) is 20.5. The van der Waals surface area contributed by atoms with Gasteiger partial charge in [-0.3, -0.25) is 9.59 Å². The lowest BCUT2D eigenvalue weighted by Gasteiger charge is -2.31. The standard InChI is InChI=1S/C26H32N2O7/c1-5-18-10-9-13-20(26(31)33-16(2)23(18)35-19-11-7-6-8-12-19)28-25(30)22-24(34-17(3)29)21(32-4)14-15-27-22/h6-8,11-12,14-16,18,20,23H,5,9-10,13H2,1-4H3,(H,28,30)/t16-,18-,20-,23-/m0/s1. The average molecular weight is 485 g/mol. The largest absolute Gasteiger partial charge is 0.493 e. The molecule has 9 nitrogen and oxygen atoms in total. The van der Waals surface area contributed by atoms with Gasteiger partial charge in [0.25, 0.3) is 5.91 Å². The number of nitrogens with zero attached hydrogens (tertiary/aromatic N) is 1. The van der Waals surface area contributed by atoms with Gasteiger partial charge >= 0.3 is 11.9 Å². The van der Waals surface area contributed by atoms with Crippen LogP contribution >= 0.6 is 0 Å². The molecule has 1 fully saturated rings. The maximum Gasteiger partial charge on any atom is 0.329 e. The minimum Gasteiger partial charge on any atom is -0.493 e. The number of hydrogen-bond donors (Lipinski definition) is 1. The number of pyridine rings is 1. The van der Waals surface area contributed by atoms with Crippen LogP contribution in [0, 0.1) is 5.92 Å². The lowest BCUT2D eigenvalue weighted by molar-refractivity contribution is -0.156. The number of esters is 2. The van der Waals surface area contributed by atoms with Crippen molar-refractivity contribution in [2.24, 2.45) is 5.92 Å². The second-order valence-electron chi connectivity index (χ2n) is 8.45. The fourth-order valence-corrected chi connectivity index (χ4v) is 4.22. The van der Waals surface area contributed by atoms with Crippen molar-refractivity contribution in [2.45, 2.75) is 64.7 Å². The summed E-state index contributed by atoms with van der Waals surface area (Å²) in [4.78, 5) is 41.7. The number of benzene rings is 1. The first-order valence-electron chi connectivity index (χ1n) is 11.8. The van der Waals surface area contributed by atoms with Crippen molar-refractivity contribution in [1.82, 2.24) is 10.3 Å².